The van der Waals surface area contributed by atoms with Crippen LogP contribution >= 0.6 is 0 Å². The standard InChI is InChI=1S/C16H24N4O4/c1-5-9(2)15(12-7-17-24-11(12)4)23-14-6-13(19-20-14)16(22)18-10(3)8-21/h6-7,9-10,15,21H,5,8H2,1-4H3,(H,18,22)(H,19,20)/t9?,10?,15-/m1/s1. The molecule has 0 bridgehead atoms. The van der Waals surface area contributed by atoms with Crippen LogP contribution in [0.25, 0.3) is 0 Å². The summed E-state index contributed by atoms with van der Waals surface area (Å²) in [4.78, 5) is 12.0. The zero-order chi connectivity index (χ0) is 17.7. The molecule has 3 atom stereocenters. The van der Waals surface area contributed by atoms with Crippen molar-refractivity contribution < 1.29 is 19.2 Å². The number of aliphatic hydroxyl groups is 1. The molecule has 0 aromatic carbocycles. The zero-order valence-electron chi connectivity index (χ0n) is 14.4. The van der Waals surface area contributed by atoms with E-state index in [9.17, 15) is 4.79 Å². The summed E-state index contributed by atoms with van der Waals surface area (Å²) in [5, 5.41) is 22.1. The SMILES string of the molecule is CCC(C)[C@@H](Oc1cc(C(=O)NC(C)CO)[nH]n1)c1cnoc1C. The Bertz CT molecular complexity index is 667. The molecule has 0 aliphatic rings. The molecule has 132 valence electrons. The van der Waals surface area contributed by atoms with Gasteiger partial charge >= 0.3 is 0 Å². The minimum Gasteiger partial charge on any atom is -0.468 e. The molecule has 2 unspecified atom stereocenters. The van der Waals surface area contributed by atoms with Crippen LogP contribution in [0.15, 0.2) is 16.8 Å². The van der Waals surface area contributed by atoms with Gasteiger partial charge in [-0.3, -0.25) is 9.89 Å². The first-order chi connectivity index (χ1) is 11.5. The maximum absolute atomic E-state index is 12.0. The van der Waals surface area contributed by atoms with Gasteiger partial charge < -0.3 is 19.7 Å². The summed E-state index contributed by atoms with van der Waals surface area (Å²) in [6.07, 6.45) is 2.29. The zero-order valence-corrected chi connectivity index (χ0v) is 14.4. The fraction of sp³-hybridized carbons (Fsp3) is 0.562. The van der Waals surface area contributed by atoms with Gasteiger partial charge in [0.1, 0.15) is 17.6 Å². The number of amides is 1. The second-order valence-corrected chi connectivity index (χ2v) is 5.94. The van der Waals surface area contributed by atoms with Crippen molar-refractivity contribution in [3.63, 3.8) is 0 Å². The lowest BCUT2D eigenvalue weighted by atomic mass is 9.96. The minimum atomic E-state index is -0.347. The molecule has 2 heterocycles. The highest BCUT2D eigenvalue weighted by Crippen LogP contribution is 2.31. The normalized spacial score (nSPS) is 14.9. The summed E-state index contributed by atoms with van der Waals surface area (Å²) in [6, 6.07) is 1.20. The number of carbonyl (C=O) groups is 1. The van der Waals surface area contributed by atoms with E-state index in [2.05, 4.69) is 34.5 Å². The lowest BCUT2D eigenvalue weighted by molar-refractivity contribution is 0.0917. The van der Waals surface area contributed by atoms with E-state index < -0.39 is 0 Å². The van der Waals surface area contributed by atoms with E-state index in [4.69, 9.17) is 14.4 Å². The van der Waals surface area contributed by atoms with E-state index in [0.29, 0.717) is 11.6 Å². The first kappa shape index (κ1) is 18.0. The number of aromatic amines is 1. The van der Waals surface area contributed by atoms with Crippen LogP contribution in [0.5, 0.6) is 5.88 Å². The molecule has 8 nitrogen and oxygen atoms in total. The molecule has 8 heteroatoms. The number of carbonyl (C=O) groups excluding carboxylic acids is 1. The van der Waals surface area contributed by atoms with Crippen LogP contribution < -0.4 is 10.1 Å². The Balaban J connectivity index is 2.13. The maximum Gasteiger partial charge on any atom is 0.269 e. The monoisotopic (exact) mass is 336 g/mol. The van der Waals surface area contributed by atoms with Gasteiger partial charge in [0.25, 0.3) is 5.91 Å². The Labute approximate surface area is 140 Å². The highest BCUT2D eigenvalue weighted by Gasteiger charge is 2.25. The van der Waals surface area contributed by atoms with Crippen LogP contribution in [0.2, 0.25) is 0 Å². The van der Waals surface area contributed by atoms with Crippen LogP contribution in [0, 0.1) is 12.8 Å². The molecule has 0 saturated carbocycles. The molecular weight excluding hydrogens is 312 g/mol. The van der Waals surface area contributed by atoms with Crippen LogP contribution in [-0.4, -0.2) is 39.0 Å². The van der Waals surface area contributed by atoms with Gasteiger partial charge in [0.05, 0.1) is 18.4 Å². The molecule has 1 amide bonds. The predicted octanol–water partition coefficient (Wildman–Crippen LogP) is 1.98. The van der Waals surface area contributed by atoms with E-state index in [0.717, 1.165) is 12.0 Å². The minimum absolute atomic E-state index is 0.133. The lowest BCUT2D eigenvalue weighted by Gasteiger charge is -2.22. The van der Waals surface area contributed by atoms with E-state index in [1.807, 2.05) is 6.92 Å². The van der Waals surface area contributed by atoms with Crippen molar-refractivity contribution in [2.45, 2.75) is 46.3 Å². The molecule has 24 heavy (non-hydrogen) atoms. The summed E-state index contributed by atoms with van der Waals surface area (Å²) in [5.41, 5.74) is 1.14. The first-order valence-electron chi connectivity index (χ1n) is 8.01. The summed E-state index contributed by atoms with van der Waals surface area (Å²) < 4.78 is 11.1. The highest BCUT2D eigenvalue weighted by atomic mass is 16.5. The number of hydrogen-bond acceptors (Lipinski definition) is 6. The third-order valence-corrected chi connectivity index (χ3v) is 3.95. The van der Waals surface area contributed by atoms with E-state index >= 15 is 0 Å². The number of H-pyrrole nitrogens is 1. The topological polar surface area (TPSA) is 113 Å². The van der Waals surface area contributed by atoms with Crippen LogP contribution in [0.3, 0.4) is 0 Å². The van der Waals surface area contributed by atoms with Gasteiger partial charge in [0.15, 0.2) is 0 Å². The lowest BCUT2D eigenvalue weighted by Crippen LogP contribution is -2.35. The Morgan fingerprint density at radius 1 is 1.50 bits per heavy atom. The van der Waals surface area contributed by atoms with Gasteiger partial charge in [-0.15, -0.1) is 5.10 Å². The van der Waals surface area contributed by atoms with Crippen molar-refractivity contribution in [1.82, 2.24) is 20.7 Å². The molecule has 2 aromatic rings. The smallest absolute Gasteiger partial charge is 0.269 e. The largest absolute Gasteiger partial charge is 0.468 e. The van der Waals surface area contributed by atoms with Gasteiger partial charge in [0.2, 0.25) is 5.88 Å². The third-order valence-electron chi connectivity index (χ3n) is 3.95. The molecule has 0 radical (unpaired) electrons. The van der Waals surface area contributed by atoms with Crippen LogP contribution in [0.1, 0.15) is 55.1 Å². The molecule has 0 fully saturated rings. The van der Waals surface area contributed by atoms with E-state index in [1.54, 1.807) is 13.1 Å². The number of hydrogen-bond donors (Lipinski definition) is 3. The van der Waals surface area contributed by atoms with E-state index in [1.165, 1.54) is 6.07 Å². The van der Waals surface area contributed by atoms with Gasteiger partial charge in [0, 0.05) is 12.1 Å². The Hall–Kier alpha value is -2.35. The fourth-order valence-electron chi connectivity index (χ4n) is 2.24. The first-order valence-corrected chi connectivity index (χ1v) is 8.01. The molecule has 2 rings (SSSR count). The van der Waals surface area contributed by atoms with Crippen LogP contribution in [0.4, 0.5) is 0 Å². The van der Waals surface area contributed by atoms with Gasteiger partial charge in [-0.25, -0.2) is 0 Å². The van der Waals surface area contributed by atoms with Crippen molar-refractivity contribution in [2.24, 2.45) is 5.92 Å². The number of ether oxygens (including phenoxy) is 1. The average Bonchev–Trinajstić information content (AvgIpc) is 3.20. The maximum atomic E-state index is 12.0. The Morgan fingerprint density at radius 2 is 2.25 bits per heavy atom. The van der Waals surface area contributed by atoms with Crippen molar-refractivity contribution in [1.29, 1.82) is 0 Å². The molecule has 0 aliphatic heterocycles. The average molecular weight is 336 g/mol. The summed E-state index contributed by atoms with van der Waals surface area (Å²) in [6.45, 7) is 7.55. The summed E-state index contributed by atoms with van der Waals surface area (Å²) in [7, 11) is 0. The number of nitrogens with one attached hydrogen (secondary N) is 2. The second kappa shape index (κ2) is 7.96. The van der Waals surface area contributed by atoms with Crippen molar-refractivity contribution in [3.05, 3.63) is 29.3 Å². The van der Waals surface area contributed by atoms with Crippen LogP contribution in [-0.2, 0) is 0 Å². The molecule has 0 aliphatic carbocycles. The summed E-state index contributed by atoms with van der Waals surface area (Å²) in [5.74, 6) is 0.889. The molecular formula is C16H24N4O4. The van der Waals surface area contributed by atoms with E-state index in [-0.39, 0.29) is 36.3 Å². The number of aromatic nitrogens is 3. The molecule has 0 saturated heterocycles. The van der Waals surface area contributed by atoms with Crippen molar-refractivity contribution >= 4 is 5.91 Å². The quantitative estimate of drug-likeness (QED) is 0.679. The molecule has 2 aromatic heterocycles. The van der Waals surface area contributed by atoms with Gasteiger partial charge in [-0.2, -0.15) is 0 Å². The van der Waals surface area contributed by atoms with Gasteiger partial charge in [-0.05, 0) is 26.2 Å². The number of nitrogens with zero attached hydrogens (tertiary/aromatic N) is 2. The third kappa shape index (κ3) is 4.14. The Kier molecular flexibility index (Phi) is 5.97. The number of aliphatic hydroxyl groups excluding tert-OH is 1. The summed E-state index contributed by atoms with van der Waals surface area (Å²) >= 11 is 0. The highest BCUT2D eigenvalue weighted by molar-refractivity contribution is 5.92. The Morgan fingerprint density at radius 3 is 2.83 bits per heavy atom. The predicted molar refractivity (Wildman–Crippen MR) is 86.7 cm³/mol. The fourth-order valence-corrected chi connectivity index (χ4v) is 2.24. The molecule has 3 N–H and O–H groups in total. The van der Waals surface area contributed by atoms with Gasteiger partial charge in [-0.1, -0.05) is 19.0 Å². The number of aryl methyl sites for hydroxylation is 1. The molecule has 0 spiro atoms. The number of rotatable bonds is 8. The van der Waals surface area contributed by atoms with Crippen molar-refractivity contribution in [2.75, 3.05) is 6.61 Å². The second-order valence-electron chi connectivity index (χ2n) is 5.94. The van der Waals surface area contributed by atoms with Crippen molar-refractivity contribution in [3.8, 4) is 5.88 Å².